The molecule has 0 heterocycles. The lowest BCUT2D eigenvalue weighted by molar-refractivity contribution is -0.131. The second-order valence-electron chi connectivity index (χ2n) is 3.28. The number of benzene rings is 1. The fourth-order valence-electron chi connectivity index (χ4n) is 1.23. The molecule has 0 aliphatic carbocycles. The highest BCUT2D eigenvalue weighted by molar-refractivity contribution is 5.85. The highest BCUT2D eigenvalue weighted by Gasteiger charge is 2.08. The molecular formula is C12H12F2O4. The molecule has 1 aromatic rings. The Morgan fingerprint density at radius 3 is 2.72 bits per heavy atom. The summed E-state index contributed by atoms with van der Waals surface area (Å²) in [6.07, 6.45) is -0.316. The lowest BCUT2D eigenvalue weighted by atomic mass is 10.2. The van der Waals surface area contributed by atoms with E-state index in [9.17, 15) is 13.6 Å². The van der Waals surface area contributed by atoms with Gasteiger partial charge < -0.3 is 14.6 Å². The number of ether oxygens (including phenoxy) is 2. The van der Waals surface area contributed by atoms with Crippen LogP contribution in [0.3, 0.4) is 0 Å². The molecule has 0 aromatic heterocycles. The maximum atomic E-state index is 12.1. The zero-order valence-corrected chi connectivity index (χ0v) is 9.60. The molecule has 1 rings (SSSR count). The molecule has 98 valence electrons. The fraction of sp³-hybridized carbons (Fsp3) is 0.250. The molecule has 18 heavy (non-hydrogen) atoms. The van der Waals surface area contributed by atoms with E-state index in [0.29, 0.717) is 11.3 Å². The van der Waals surface area contributed by atoms with Gasteiger partial charge in [-0.2, -0.15) is 0 Å². The molecule has 1 aromatic carbocycles. The number of carboxylic acid groups (broad SMARTS) is 1. The van der Waals surface area contributed by atoms with Crippen LogP contribution in [0.25, 0.3) is 6.08 Å². The summed E-state index contributed by atoms with van der Waals surface area (Å²) in [5.74, 6) is -0.644. The van der Waals surface area contributed by atoms with Crippen LogP contribution in [-0.2, 0) is 4.79 Å². The first kappa shape index (κ1) is 14.0. The molecule has 0 unspecified atom stereocenters. The van der Waals surface area contributed by atoms with E-state index in [-0.39, 0.29) is 5.75 Å². The molecule has 0 spiro atoms. The largest absolute Gasteiger partial charge is 0.493 e. The topological polar surface area (TPSA) is 55.8 Å². The van der Waals surface area contributed by atoms with E-state index in [1.54, 1.807) is 6.07 Å². The van der Waals surface area contributed by atoms with Crippen LogP contribution in [0, 0.1) is 0 Å². The summed E-state index contributed by atoms with van der Waals surface area (Å²) in [7, 11) is 1.39. The average Bonchev–Trinajstić information content (AvgIpc) is 2.33. The Morgan fingerprint density at radius 2 is 2.17 bits per heavy atom. The number of hydrogen-bond donors (Lipinski definition) is 1. The number of carboxylic acids is 1. The van der Waals surface area contributed by atoms with Crippen LogP contribution < -0.4 is 9.47 Å². The van der Waals surface area contributed by atoms with Crippen LogP contribution in [0.1, 0.15) is 5.56 Å². The average molecular weight is 258 g/mol. The second kappa shape index (κ2) is 6.58. The van der Waals surface area contributed by atoms with Crippen molar-refractivity contribution >= 4 is 12.0 Å². The van der Waals surface area contributed by atoms with Crippen molar-refractivity contribution in [3.63, 3.8) is 0 Å². The van der Waals surface area contributed by atoms with Crippen LogP contribution in [-0.4, -0.2) is 31.2 Å². The first-order chi connectivity index (χ1) is 8.52. The first-order valence-corrected chi connectivity index (χ1v) is 5.03. The summed E-state index contributed by atoms with van der Waals surface area (Å²) in [6.45, 7) is -0.748. The summed E-state index contributed by atoms with van der Waals surface area (Å²) in [4.78, 5) is 10.4. The Hall–Kier alpha value is -2.11. The van der Waals surface area contributed by atoms with E-state index in [0.717, 1.165) is 6.08 Å². The van der Waals surface area contributed by atoms with Gasteiger partial charge in [-0.15, -0.1) is 0 Å². The van der Waals surface area contributed by atoms with Crippen molar-refractivity contribution in [2.75, 3.05) is 13.7 Å². The third-order valence-electron chi connectivity index (χ3n) is 1.97. The van der Waals surface area contributed by atoms with Gasteiger partial charge in [-0.25, -0.2) is 13.6 Å². The molecule has 0 aliphatic rings. The van der Waals surface area contributed by atoms with E-state index in [1.165, 1.54) is 25.3 Å². The summed E-state index contributed by atoms with van der Waals surface area (Å²) < 4.78 is 33.9. The standard InChI is InChI=1S/C12H12F2O4/c1-17-9-4-2-8(3-5-12(15)16)6-10(9)18-7-11(13)14/h2-6,11H,7H2,1H3,(H,15,16)/b5-3+. The lowest BCUT2D eigenvalue weighted by Gasteiger charge is -2.10. The number of alkyl halides is 2. The summed E-state index contributed by atoms with van der Waals surface area (Å²) in [5, 5.41) is 8.48. The molecule has 1 N–H and O–H groups in total. The number of aliphatic carboxylic acids is 1. The van der Waals surface area contributed by atoms with E-state index >= 15 is 0 Å². The number of rotatable bonds is 6. The molecule has 4 nitrogen and oxygen atoms in total. The molecule has 0 saturated heterocycles. The lowest BCUT2D eigenvalue weighted by Crippen LogP contribution is -2.07. The molecular weight excluding hydrogens is 246 g/mol. The normalized spacial score (nSPS) is 10.9. The summed E-state index contributed by atoms with van der Waals surface area (Å²) in [5.41, 5.74) is 0.516. The van der Waals surface area contributed by atoms with Gasteiger partial charge in [-0.05, 0) is 23.8 Å². The quantitative estimate of drug-likeness (QED) is 0.796. The van der Waals surface area contributed by atoms with Crippen molar-refractivity contribution in [1.82, 2.24) is 0 Å². The van der Waals surface area contributed by atoms with Crippen LogP contribution in [0.15, 0.2) is 24.3 Å². The second-order valence-corrected chi connectivity index (χ2v) is 3.28. The minimum absolute atomic E-state index is 0.144. The predicted molar refractivity (Wildman–Crippen MR) is 61.2 cm³/mol. The van der Waals surface area contributed by atoms with Crippen molar-refractivity contribution in [2.24, 2.45) is 0 Å². The smallest absolute Gasteiger partial charge is 0.328 e. The molecule has 0 amide bonds. The van der Waals surface area contributed by atoms with Crippen LogP contribution in [0.5, 0.6) is 11.5 Å². The van der Waals surface area contributed by atoms with Crippen LogP contribution in [0.4, 0.5) is 8.78 Å². The third-order valence-corrected chi connectivity index (χ3v) is 1.97. The maximum absolute atomic E-state index is 12.1. The Bertz CT molecular complexity index is 444. The van der Waals surface area contributed by atoms with Gasteiger partial charge in [-0.3, -0.25) is 0 Å². The minimum atomic E-state index is -2.59. The molecule has 0 bridgehead atoms. The van der Waals surface area contributed by atoms with Gasteiger partial charge in [0.15, 0.2) is 11.5 Å². The highest BCUT2D eigenvalue weighted by atomic mass is 19.3. The molecule has 0 fully saturated rings. The SMILES string of the molecule is COc1ccc(/C=C/C(=O)O)cc1OCC(F)F. The van der Waals surface area contributed by atoms with Gasteiger partial charge in [0.25, 0.3) is 6.43 Å². The van der Waals surface area contributed by atoms with Gasteiger partial charge >= 0.3 is 5.97 Å². The number of hydrogen-bond acceptors (Lipinski definition) is 3. The van der Waals surface area contributed by atoms with Gasteiger partial charge in [0, 0.05) is 6.08 Å². The number of methoxy groups -OCH3 is 1. The van der Waals surface area contributed by atoms with Gasteiger partial charge in [-0.1, -0.05) is 6.07 Å². The van der Waals surface area contributed by atoms with E-state index < -0.39 is 19.0 Å². The number of carbonyl (C=O) groups is 1. The Labute approximate surface area is 102 Å². The Morgan fingerprint density at radius 1 is 1.44 bits per heavy atom. The van der Waals surface area contributed by atoms with Crippen molar-refractivity contribution in [3.8, 4) is 11.5 Å². The third kappa shape index (κ3) is 4.40. The molecule has 0 atom stereocenters. The fourth-order valence-corrected chi connectivity index (χ4v) is 1.23. The molecule has 6 heteroatoms. The predicted octanol–water partition coefficient (Wildman–Crippen LogP) is 2.44. The minimum Gasteiger partial charge on any atom is -0.493 e. The summed E-state index contributed by atoms with van der Waals surface area (Å²) >= 11 is 0. The molecule has 0 saturated carbocycles. The van der Waals surface area contributed by atoms with Crippen molar-refractivity contribution in [3.05, 3.63) is 29.8 Å². The van der Waals surface area contributed by atoms with Crippen LogP contribution in [0.2, 0.25) is 0 Å². The van der Waals surface area contributed by atoms with E-state index in [4.69, 9.17) is 14.6 Å². The van der Waals surface area contributed by atoms with E-state index in [2.05, 4.69) is 0 Å². The first-order valence-electron chi connectivity index (χ1n) is 5.03. The van der Waals surface area contributed by atoms with Crippen molar-refractivity contribution in [2.45, 2.75) is 6.43 Å². The van der Waals surface area contributed by atoms with Crippen molar-refractivity contribution in [1.29, 1.82) is 0 Å². The molecule has 0 radical (unpaired) electrons. The molecule has 0 aliphatic heterocycles. The Kier molecular flexibility index (Phi) is 5.10. The summed E-state index contributed by atoms with van der Waals surface area (Å²) in [6, 6.07) is 4.54. The zero-order chi connectivity index (χ0) is 13.5. The van der Waals surface area contributed by atoms with Crippen LogP contribution >= 0.6 is 0 Å². The zero-order valence-electron chi connectivity index (χ0n) is 9.60. The monoisotopic (exact) mass is 258 g/mol. The maximum Gasteiger partial charge on any atom is 0.328 e. The van der Waals surface area contributed by atoms with E-state index in [1.807, 2.05) is 0 Å². The highest BCUT2D eigenvalue weighted by Crippen LogP contribution is 2.28. The van der Waals surface area contributed by atoms with Crippen molar-refractivity contribution < 1.29 is 28.2 Å². The van der Waals surface area contributed by atoms with Gasteiger partial charge in [0.2, 0.25) is 0 Å². The Balaban J connectivity index is 2.90. The van der Waals surface area contributed by atoms with Gasteiger partial charge in [0.05, 0.1) is 7.11 Å². The number of halogens is 2. The van der Waals surface area contributed by atoms with Gasteiger partial charge in [0.1, 0.15) is 6.61 Å².